The number of halogens is 1. The van der Waals surface area contributed by atoms with Gasteiger partial charge in [-0.3, -0.25) is 4.79 Å². The number of nitrogens with one attached hydrogen (secondary N) is 2. The second-order valence-corrected chi connectivity index (χ2v) is 6.45. The van der Waals surface area contributed by atoms with Gasteiger partial charge in [0, 0.05) is 10.6 Å². The molecule has 2 N–H and O–H groups in total. The molecule has 0 radical (unpaired) electrons. The number of hydrogen-bond acceptors (Lipinski definition) is 2. The smallest absolute Gasteiger partial charge is 0.276 e. The second-order valence-electron chi connectivity index (χ2n) is 6.04. The number of quaternary nitrogens is 1. The van der Waals surface area contributed by atoms with Crippen LogP contribution in [-0.4, -0.2) is 25.0 Å². The Hall–Kier alpha value is -1.57. The van der Waals surface area contributed by atoms with Gasteiger partial charge in [0.15, 0.2) is 6.54 Å². The molecule has 1 aliphatic rings. The van der Waals surface area contributed by atoms with E-state index in [0.717, 1.165) is 28.3 Å². The molecule has 1 amide bonds. The Morgan fingerprint density at radius 1 is 1.52 bits per heavy atom. The maximum atomic E-state index is 12.1. The van der Waals surface area contributed by atoms with Gasteiger partial charge >= 0.3 is 0 Å². The highest BCUT2D eigenvalue weighted by Crippen LogP contribution is 2.39. The number of benzene rings is 1. The first-order chi connectivity index (χ1) is 9.94. The van der Waals surface area contributed by atoms with Crippen molar-refractivity contribution in [3.63, 3.8) is 0 Å². The zero-order valence-electron chi connectivity index (χ0n) is 12.4. The van der Waals surface area contributed by atoms with Crippen molar-refractivity contribution in [1.29, 1.82) is 5.26 Å². The molecule has 21 heavy (non-hydrogen) atoms. The third kappa shape index (κ3) is 4.20. The van der Waals surface area contributed by atoms with Crippen LogP contribution in [0.25, 0.3) is 0 Å². The van der Waals surface area contributed by atoms with Crippen LogP contribution in [0.15, 0.2) is 24.3 Å². The molecule has 1 aromatic carbocycles. The van der Waals surface area contributed by atoms with E-state index in [1.54, 1.807) is 0 Å². The van der Waals surface area contributed by atoms with Crippen LogP contribution in [0.2, 0.25) is 5.02 Å². The zero-order valence-corrected chi connectivity index (χ0v) is 13.2. The lowest BCUT2D eigenvalue weighted by molar-refractivity contribution is -0.885. The van der Waals surface area contributed by atoms with Crippen molar-refractivity contribution in [2.24, 2.45) is 5.92 Å². The molecule has 0 heterocycles. The van der Waals surface area contributed by atoms with Gasteiger partial charge in [-0.05, 0) is 31.7 Å². The van der Waals surface area contributed by atoms with Crippen molar-refractivity contribution in [3.8, 4) is 6.07 Å². The highest BCUT2D eigenvalue weighted by atomic mass is 35.5. The maximum Gasteiger partial charge on any atom is 0.276 e. The standard InChI is InChI=1S/C16H20ClN3O/c1-16(11-18,13-7-8-13)19-15(21)10-20(2)9-12-5-3-4-6-14(12)17/h3-6,13H,7-10H2,1-2H3,(H,19,21)/p+1/t16-/m1/s1. The maximum absolute atomic E-state index is 12.1. The molecule has 0 aromatic heterocycles. The van der Waals surface area contributed by atoms with E-state index in [0.29, 0.717) is 19.0 Å². The minimum Gasteiger partial charge on any atom is -0.333 e. The number of carbonyl (C=O) groups is 1. The third-order valence-corrected chi connectivity index (χ3v) is 4.31. The minimum atomic E-state index is -0.720. The molecule has 2 atom stereocenters. The van der Waals surface area contributed by atoms with Crippen molar-refractivity contribution in [3.05, 3.63) is 34.9 Å². The quantitative estimate of drug-likeness (QED) is 0.829. The Morgan fingerprint density at radius 3 is 2.76 bits per heavy atom. The lowest BCUT2D eigenvalue weighted by Gasteiger charge is -2.23. The van der Waals surface area contributed by atoms with Gasteiger partial charge in [-0.2, -0.15) is 5.26 Å². The van der Waals surface area contributed by atoms with Crippen molar-refractivity contribution in [2.75, 3.05) is 13.6 Å². The summed E-state index contributed by atoms with van der Waals surface area (Å²) in [6.45, 7) is 2.82. The minimum absolute atomic E-state index is 0.0875. The first kappa shape index (κ1) is 15.8. The fourth-order valence-electron chi connectivity index (χ4n) is 2.52. The number of hydrogen-bond donors (Lipinski definition) is 2. The van der Waals surface area contributed by atoms with E-state index in [4.69, 9.17) is 11.6 Å². The Labute approximate surface area is 130 Å². The van der Waals surface area contributed by atoms with E-state index in [-0.39, 0.29) is 5.91 Å². The summed E-state index contributed by atoms with van der Waals surface area (Å²) in [5.74, 6) is 0.214. The van der Waals surface area contributed by atoms with Crippen LogP contribution in [0.5, 0.6) is 0 Å². The highest BCUT2D eigenvalue weighted by Gasteiger charge is 2.43. The second kappa shape index (κ2) is 6.46. The van der Waals surface area contributed by atoms with Crippen LogP contribution < -0.4 is 10.2 Å². The molecule has 0 saturated heterocycles. The molecule has 0 bridgehead atoms. The number of nitrogens with zero attached hydrogens (tertiary/aromatic N) is 1. The van der Waals surface area contributed by atoms with Crippen LogP contribution in [0.4, 0.5) is 0 Å². The van der Waals surface area contributed by atoms with Crippen LogP contribution in [-0.2, 0) is 11.3 Å². The monoisotopic (exact) mass is 306 g/mol. The SMILES string of the molecule is C[NH+](CC(=O)N[C@](C)(C#N)C1CC1)Cc1ccccc1Cl. The molecule has 1 fully saturated rings. The van der Waals surface area contributed by atoms with Crippen LogP contribution >= 0.6 is 11.6 Å². The molecule has 0 aliphatic heterocycles. The van der Waals surface area contributed by atoms with Crippen molar-refractivity contribution in [2.45, 2.75) is 31.8 Å². The van der Waals surface area contributed by atoms with Crippen LogP contribution in [0.1, 0.15) is 25.3 Å². The van der Waals surface area contributed by atoms with Crippen molar-refractivity contribution in [1.82, 2.24) is 5.32 Å². The number of nitriles is 1. The molecular weight excluding hydrogens is 286 g/mol. The Morgan fingerprint density at radius 2 is 2.19 bits per heavy atom. The predicted molar refractivity (Wildman–Crippen MR) is 81.8 cm³/mol. The first-order valence-corrected chi connectivity index (χ1v) is 7.59. The summed E-state index contributed by atoms with van der Waals surface area (Å²) in [5.41, 5.74) is 0.302. The summed E-state index contributed by atoms with van der Waals surface area (Å²) >= 11 is 6.13. The molecular formula is C16H21ClN3O+. The summed E-state index contributed by atoms with van der Waals surface area (Å²) in [4.78, 5) is 13.2. The van der Waals surface area contributed by atoms with E-state index >= 15 is 0 Å². The average Bonchev–Trinajstić information content (AvgIpc) is 3.25. The number of carbonyl (C=O) groups excluding carboxylic acids is 1. The summed E-state index contributed by atoms with van der Waals surface area (Å²) in [7, 11) is 1.95. The lowest BCUT2D eigenvalue weighted by Crippen LogP contribution is -3.09. The molecule has 0 spiro atoms. The molecule has 1 saturated carbocycles. The van der Waals surface area contributed by atoms with Gasteiger partial charge < -0.3 is 10.2 Å². The van der Waals surface area contributed by atoms with E-state index in [9.17, 15) is 10.1 Å². The van der Waals surface area contributed by atoms with Gasteiger partial charge in [-0.25, -0.2) is 0 Å². The topological polar surface area (TPSA) is 57.3 Å². The molecule has 2 rings (SSSR count). The Kier molecular flexibility index (Phi) is 4.87. The van der Waals surface area contributed by atoms with Gasteiger partial charge in [0.1, 0.15) is 12.1 Å². The number of likely N-dealkylation sites (N-methyl/N-ethyl adjacent to an activating group) is 1. The highest BCUT2D eigenvalue weighted by molar-refractivity contribution is 6.31. The van der Waals surface area contributed by atoms with Crippen LogP contribution in [0.3, 0.4) is 0 Å². The fourth-order valence-corrected chi connectivity index (χ4v) is 2.72. The molecule has 1 unspecified atom stereocenters. The van der Waals surface area contributed by atoms with Gasteiger partial charge in [0.05, 0.1) is 13.1 Å². The van der Waals surface area contributed by atoms with Gasteiger partial charge in [-0.1, -0.05) is 29.8 Å². The molecule has 112 valence electrons. The van der Waals surface area contributed by atoms with E-state index in [1.165, 1.54) is 0 Å². The average molecular weight is 307 g/mol. The van der Waals surface area contributed by atoms with Gasteiger partial charge in [0.2, 0.25) is 0 Å². The number of rotatable bonds is 6. The fraction of sp³-hybridized carbons (Fsp3) is 0.500. The Balaban J connectivity index is 1.88. The largest absolute Gasteiger partial charge is 0.333 e. The summed E-state index contributed by atoms with van der Waals surface area (Å²) < 4.78 is 0. The van der Waals surface area contributed by atoms with Gasteiger partial charge in [-0.15, -0.1) is 0 Å². The first-order valence-electron chi connectivity index (χ1n) is 7.21. The normalized spacial score (nSPS) is 18.4. The van der Waals surface area contributed by atoms with E-state index in [1.807, 2.05) is 38.2 Å². The molecule has 4 nitrogen and oxygen atoms in total. The number of amides is 1. The summed E-state index contributed by atoms with van der Waals surface area (Å²) in [6.07, 6.45) is 2.04. The van der Waals surface area contributed by atoms with Gasteiger partial charge in [0.25, 0.3) is 5.91 Å². The summed E-state index contributed by atoms with van der Waals surface area (Å²) in [6, 6.07) is 9.89. The lowest BCUT2D eigenvalue weighted by atomic mass is 9.98. The van der Waals surface area contributed by atoms with Crippen LogP contribution in [0, 0.1) is 17.2 Å². The van der Waals surface area contributed by atoms with Crippen molar-refractivity contribution < 1.29 is 9.69 Å². The molecule has 1 aromatic rings. The Bertz CT molecular complexity index is 565. The van der Waals surface area contributed by atoms with Crippen molar-refractivity contribution >= 4 is 17.5 Å². The third-order valence-electron chi connectivity index (χ3n) is 3.94. The zero-order chi connectivity index (χ0) is 15.5. The summed E-state index contributed by atoms with van der Waals surface area (Å²) in [5, 5.41) is 12.9. The predicted octanol–water partition coefficient (Wildman–Crippen LogP) is 1.16. The molecule has 5 heteroatoms. The van der Waals surface area contributed by atoms with E-state index in [2.05, 4.69) is 11.4 Å². The van der Waals surface area contributed by atoms with E-state index < -0.39 is 5.54 Å². The molecule has 1 aliphatic carbocycles.